The molecule has 0 aromatic rings. The molecule has 11 heavy (non-hydrogen) atoms. The molecule has 0 aliphatic carbocycles. The van der Waals surface area contributed by atoms with Crippen LogP contribution in [-0.4, -0.2) is 23.7 Å². The molecule has 0 aromatic heterocycles. The van der Waals surface area contributed by atoms with Crippen molar-refractivity contribution in [1.82, 2.24) is 5.32 Å². The van der Waals surface area contributed by atoms with Crippen LogP contribution in [0.25, 0.3) is 0 Å². The van der Waals surface area contributed by atoms with Crippen molar-refractivity contribution in [3.63, 3.8) is 0 Å². The summed E-state index contributed by atoms with van der Waals surface area (Å²) in [7, 11) is 0. The lowest BCUT2D eigenvalue weighted by Gasteiger charge is -2.09. The molecule has 0 fully saturated rings. The van der Waals surface area contributed by atoms with Crippen LogP contribution in [-0.2, 0) is 4.79 Å². The fraction of sp³-hybridized carbons (Fsp3) is 0.714. The topological polar surface area (TPSA) is 73.1 Å². The highest BCUT2D eigenvalue weighted by Gasteiger charge is 2.12. The van der Waals surface area contributed by atoms with Crippen molar-refractivity contribution in [2.75, 3.05) is 6.54 Å². The van der Waals surface area contributed by atoms with Crippen molar-refractivity contribution in [3.8, 4) is 6.07 Å². The van der Waals surface area contributed by atoms with Gasteiger partial charge in [-0.1, -0.05) is 6.92 Å². The summed E-state index contributed by atoms with van der Waals surface area (Å²) in [6, 6.07) is 1.42. The number of rotatable bonds is 5. The molecule has 0 radical (unpaired) electrons. The number of nitrogens with zero attached hydrogens (tertiary/aromatic N) is 1. The predicted octanol–water partition coefficient (Wildman–Crippen LogP) is 0.353. The third-order valence-electron chi connectivity index (χ3n) is 1.33. The lowest BCUT2D eigenvalue weighted by molar-refractivity contribution is -0.139. The first-order valence-electron chi connectivity index (χ1n) is 3.55. The molecule has 0 aliphatic heterocycles. The van der Waals surface area contributed by atoms with Crippen LogP contribution in [0.2, 0.25) is 0 Å². The van der Waals surface area contributed by atoms with Crippen LogP contribution in [0.5, 0.6) is 0 Å². The SMILES string of the molecule is CCC(NCCC#N)C(=O)O. The zero-order valence-corrected chi connectivity index (χ0v) is 6.50. The molecule has 0 rings (SSSR count). The summed E-state index contributed by atoms with van der Waals surface area (Å²) in [5.74, 6) is -0.856. The Morgan fingerprint density at radius 2 is 2.45 bits per heavy atom. The smallest absolute Gasteiger partial charge is 0.320 e. The molecule has 0 saturated heterocycles. The number of carboxylic acids is 1. The van der Waals surface area contributed by atoms with Crippen molar-refractivity contribution in [3.05, 3.63) is 0 Å². The van der Waals surface area contributed by atoms with Crippen molar-refractivity contribution < 1.29 is 9.90 Å². The second-order valence-electron chi connectivity index (χ2n) is 2.16. The summed E-state index contributed by atoms with van der Waals surface area (Å²) in [5, 5.41) is 19.4. The maximum Gasteiger partial charge on any atom is 0.320 e. The normalized spacial score (nSPS) is 12.0. The van der Waals surface area contributed by atoms with Crippen molar-refractivity contribution in [2.24, 2.45) is 0 Å². The molecule has 0 amide bonds. The fourth-order valence-corrected chi connectivity index (χ4v) is 0.709. The fourth-order valence-electron chi connectivity index (χ4n) is 0.709. The summed E-state index contributed by atoms with van der Waals surface area (Å²) in [4.78, 5) is 10.4. The van der Waals surface area contributed by atoms with Gasteiger partial charge in [0.05, 0.1) is 6.07 Å². The Labute approximate surface area is 65.8 Å². The molecule has 1 atom stereocenters. The number of nitrogens with one attached hydrogen (secondary N) is 1. The minimum Gasteiger partial charge on any atom is -0.480 e. The Hall–Kier alpha value is -1.08. The zero-order chi connectivity index (χ0) is 8.69. The summed E-state index contributed by atoms with van der Waals surface area (Å²) in [6.45, 7) is 2.24. The molecule has 62 valence electrons. The molecular weight excluding hydrogens is 144 g/mol. The monoisotopic (exact) mass is 156 g/mol. The number of nitriles is 1. The van der Waals surface area contributed by atoms with E-state index in [0.29, 0.717) is 19.4 Å². The van der Waals surface area contributed by atoms with E-state index in [2.05, 4.69) is 5.32 Å². The van der Waals surface area contributed by atoms with Gasteiger partial charge in [0, 0.05) is 13.0 Å². The highest BCUT2D eigenvalue weighted by atomic mass is 16.4. The molecule has 0 aromatic carbocycles. The lowest BCUT2D eigenvalue weighted by atomic mass is 10.2. The van der Waals surface area contributed by atoms with E-state index >= 15 is 0 Å². The van der Waals surface area contributed by atoms with Crippen LogP contribution in [0.1, 0.15) is 19.8 Å². The van der Waals surface area contributed by atoms with Crippen molar-refractivity contribution >= 4 is 5.97 Å². The van der Waals surface area contributed by atoms with Gasteiger partial charge >= 0.3 is 5.97 Å². The summed E-state index contributed by atoms with van der Waals surface area (Å²) < 4.78 is 0. The number of hydrogen-bond donors (Lipinski definition) is 2. The molecule has 0 aliphatic rings. The van der Waals surface area contributed by atoms with Gasteiger partial charge in [-0.15, -0.1) is 0 Å². The van der Waals surface area contributed by atoms with Gasteiger partial charge in [-0.2, -0.15) is 5.26 Å². The van der Waals surface area contributed by atoms with Gasteiger partial charge < -0.3 is 10.4 Å². The highest BCUT2D eigenvalue weighted by Crippen LogP contribution is 1.90. The Bertz CT molecular complexity index is 162. The summed E-state index contributed by atoms with van der Waals surface area (Å²) in [5.41, 5.74) is 0. The van der Waals surface area contributed by atoms with Gasteiger partial charge in [0.2, 0.25) is 0 Å². The number of carboxylic acid groups (broad SMARTS) is 1. The maximum atomic E-state index is 10.4. The standard InChI is InChI=1S/C7H12N2O2/c1-2-6(7(10)11)9-5-3-4-8/h6,9H,2-3,5H2,1H3,(H,10,11). The minimum atomic E-state index is -0.856. The van der Waals surface area contributed by atoms with Crippen molar-refractivity contribution in [1.29, 1.82) is 5.26 Å². The molecule has 4 heteroatoms. The second kappa shape index (κ2) is 5.69. The molecule has 0 spiro atoms. The van der Waals surface area contributed by atoms with Gasteiger partial charge in [-0.05, 0) is 6.42 Å². The van der Waals surface area contributed by atoms with E-state index in [1.54, 1.807) is 6.92 Å². The van der Waals surface area contributed by atoms with Crippen LogP contribution in [0.15, 0.2) is 0 Å². The first kappa shape index (κ1) is 9.92. The molecule has 2 N–H and O–H groups in total. The first-order chi connectivity index (χ1) is 5.22. The van der Waals surface area contributed by atoms with Crippen molar-refractivity contribution in [2.45, 2.75) is 25.8 Å². The Morgan fingerprint density at radius 1 is 1.82 bits per heavy atom. The third kappa shape index (κ3) is 4.34. The average molecular weight is 156 g/mol. The molecular formula is C7H12N2O2. The van der Waals surface area contributed by atoms with E-state index in [9.17, 15) is 4.79 Å². The number of carbonyl (C=O) groups is 1. The van der Waals surface area contributed by atoms with Gasteiger partial charge in [0.25, 0.3) is 0 Å². The quantitative estimate of drug-likeness (QED) is 0.563. The summed E-state index contributed by atoms with van der Waals surface area (Å²) in [6.07, 6.45) is 0.893. The molecule has 1 unspecified atom stereocenters. The Morgan fingerprint density at radius 3 is 2.82 bits per heavy atom. The highest BCUT2D eigenvalue weighted by molar-refractivity contribution is 5.73. The first-order valence-corrected chi connectivity index (χ1v) is 3.55. The molecule has 4 nitrogen and oxygen atoms in total. The van der Waals surface area contributed by atoms with E-state index < -0.39 is 12.0 Å². The maximum absolute atomic E-state index is 10.4. The van der Waals surface area contributed by atoms with Gasteiger partial charge in [0.15, 0.2) is 0 Å². The van der Waals surface area contributed by atoms with E-state index in [1.165, 1.54) is 0 Å². The minimum absolute atomic E-state index is 0.351. The van der Waals surface area contributed by atoms with Crippen LogP contribution < -0.4 is 5.32 Å². The van der Waals surface area contributed by atoms with Crippen LogP contribution >= 0.6 is 0 Å². The van der Waals surface area contributed by atoms with E-state index in [-0.39, 0.29) is 0 Å². The lowest BCUT2D eigenvalue weighted by Crippen LogP contribution is -2.36. The summed E-state index contributed by atoms with van der Waals surface area (Å²) >= 11 is 0. The van der Waals surface area contributed by atoms with E-state index in [1.807, 2.05) is 6.07 Å². The van der Waals surface area contributed by atoms with Gasteiger partial charge in [0.1, 0.15) is 6.04 Å². The third-order valence-corrected chi connectivity index (χ3v) is 1.33. The molecule has 0 heterocycles. The molecule has 0 saturated carbocycles. The molecule has 0 bridgehead atoms. The van der Waals surface area contributed by atoms with Gasteiger partial charge in [-0.3, -0.25) is 4.79 Å². The average Bonchev–Trinajstić information content (AvgIpc) is 1.97. The van der Waals surface area contributed by atoms with Crippen LogP contribution in [0.3, 0.4) is 0 Å². The zero-order valence-electron chi connectivity index (χ0n) is 6.50. The van der Waals surface area contributed by atoms with E-state index in [0.717, 1.165) is 0 Å². The van der Waals surface area contributed by atoms with Gasteiger partial charge in [-0.25, -0.2) is 0 Å². The Kier molecular flexibility index (Phi) is 5.13. The van der Waals surface area contributed by atoms with Crippen LogP contribution in [0.4, 0.5) is 0 Å². The second-order valence-corrected chi connectivity index (χ2v) is 2.16. The van der Waals surface area contributed by atoms with Crippen LogP contribution in [0, 0.1) is 11.3 Å². The Balaban J connectivity index is 3.54. The van der Waals surface area contributed by atoms with E-state index in [4.69, 9.17) is 10.4 Å². The number of aliphatic carboxylic acids is 1. The predicted molar refractivity (Wildman–Crippen MR) is 39.9 cm³/mol. The largest absolute Gasteiger partial charge is 0.480 e. The number of hydrogen-bond acceptors (Lipinski definition) is 3.